The molecule has 0 atom stereocenters. The van der Waals surface area contributed by atoms with Crippen LogP contribution in [0.15, 0.2) is 22.7 Å². The molecule has 0 spiro atoms. The molecule has 3 N–H and O–H groups in total. The van der Waals surface area contributed by atoms with Crippen molar-refractivity contribution in [1.82, 2.24) is 5.32 Å². The summed E-state index contributed by atoms with van der Waals surface area (Å²) in [5.41, 5.74) is -0.617. The van der Waals surface area contributed by atoms with E-state index >= 15 is 0 Å². The van der Waals surface area contributed by atoms with Gasteiger partial charge in [-0.25, -0.2) is 9.59 Å². The van der Waals surface area contributed by atoms with Crippen molar-refractivity contribution in [2.45, 2.75) is 31.2 Å². The third-order valence-electron chi connectivity index (χ3n) is 3.40. The highest BCUT2D eigenvalue weighted by Gasteiger charge is 2.42. The quantitative estimate of drug-likeness (QED) is 0.769. The zero-order valence-corrected chi connectivity index (χ0v) is 12.9. The summed E-state index contributed by atoms with van der Waals surface area (Å²) in [6.45, 7) is 0. The number of nitrogens with one attached hydrogen (secondary N) is 2. The number of hydrogen-bond donors (Lipinski definition) is 3. The molecule has 1 aliphatic carbocycles. The van der Waals surface area contributed by atoms with Crippen molar-refractivity contribution in [3.63, 3.8) is 0 Å². The van der Waals surface area contributed by atoms with Crippen LogP contribution in [0.4, 0.5) is 10.5 Å². The van der Waals surface area contributed by atoms with Gasteiger partial charge >= 0.3 is 12.0 Å². The van der Waals surface area contributed by atoms with Crippen LogP contribution >= 0.6 is 27.5 Å². The molecule has 20 heavy (non-hydrogen) atoms. The highest BCUT2D eigenvalue weighted by molar-refractivity contribution is 9.10. The standard InChI is InChI=1S/C13H14BrClN2O3/c14-9-7-8(15)3-4-10(9)16-12(20)17-13(11(18)19)5-1-2-6-13/h3-4,7H,1-2,5-6H2,(H,18,19)(H2,16,17,20). The van der Waals surface area contributed by atoms with E-state index in [0.717, 1.165) is 12.8 Å². The molecule has 1 aliphatic rings. The normalized spacial score (nSPS) is 16.7. The van der Waals surface area contributed by atoms with Crippen LogP contribution in [0.25, 0.3) is 0 Å². The molecule has 0 heterocycles. The van der Waals surface area contributed by atoms with Crippen molar-refractivity contribution in [1.29, 1.82) is 0 Å². The van der Waals surface area contributed by atoms with Gasteiger partial charge < -0.3 is 15.7 Å². The average Bonchev–Trinajstić information content (AvgIpc) is 2.82. The zero-order chi connectivity index (χ0) is 14.8. The van der Waals surface area contributed by atoms with Crippen molar-refractivity contribution < 1.29 is 14.7 Å². The van der Waals surface area contributed by atoms with Gasteiger partial charge in [-0.15, -0.1) is 0 Å². The minimum Gasteiger partial charge on any atom is -0.480 e. The number of anilines is 1. The fourth-order valence-electron chi connectivity index (χ4n) is 2.33. The topological polar surface area (TPSA) is 78.4 Å². The second-order valence-electron chi connectivity index (χ2n) is 4.80. The summed E-state index contributed by atoms with van der Waals surface area (Å²) in [7, 11) is 0. The van der Waals surface area contributed by atoms with Crippen LogP contribution in [0, 0.1) is 0 Å². The molecule has 1 aromatic carbocycles. The Morgan fingerprint density at radius 1 is 1.30 bits per heavy atom. The van der Waals surface area contributed by atoms with Crippen molar-refractivity contribution in [3.8, 4) is 0 Å². The maximum Gasteiger partial charge on any atom is 0.329 e. The Balaban J connectivity index is 2.07. The summed E-state index contributed by atoms with van der Waals surface area (Å²) in [6.07, 6.45) is 2.52. The number of carbonyl (C=O) groups excluding carboxylic acids is 1. The fourth-order valence-corrected chi connectivity index (χ4v) is 3.11. The molecule has 2 rings (SSSR count). The van der Waals surface area contributed by atoms with Crippen LogP contribution in [-0.2, 0) is 4.79 Å². The minimum atomic E-state index is -1.15. The largest absolute Gasteiger partial charge is 0.480 e. The van der Waals surface area contributed by atoms with E-state index in [2.05, 4.69) is 26.6 Å². The smallest absolute Gasteiger partial charge is 0.329 e. The lowest BCUT2D eigenvalue weighted by Crippen LogP contribution is -2.53. The van der Waals surface area contributed by atoms with Crippen molar-refractivity contribution in [3.05, 3.63) is 27.7 Å². The number of carbonyl (C=O) groups is 2. The Bertz CT molecular complexity index is 544. The lowest BCUT2D eigenvalue weighted by Gasteiger charge is -2.25. The van der Waals surface area contributed by atoms with Gasteiger partial charge in [0.2, 0.25) is 0 Å². The Hall–Kier alpha value is -1.27. The van der Waals surface area contributed by atoms with Crippen molar-refractivity contribution >= 4 is 45.2 Å². The number of halogens is 2. The Morgan fingerprint density at radius 2 is 1.95 bits per heavy atom. The number of benzene rings is 1. The minimum absolute atomic E-state index is 0.456. The van der Waals surface area contributed by atoms with E-state index in [4.69, 9.17) is 11.6 Å². The molecule has 1 fully saturated rings. The molecular formula is C13H14BrClN2O3. The van der Waals surface area contributed by atoms with Gasteiger partial charge in [0, 0.05) is 9.50 Å². The van der Waals surface area contributed by atoms with E-state index in [1.54, 1.807) is 18.2 Å². The second-order valence-corrected chi connectivity index (χ2v) is 6.09. The molecule has 0 aliphatic heterocycles. The maximum atomic E-state index is 12.0. The summed E-state index contributed by atoms with van der Waals surface area (Å²) < 4.78 is 0.635. The van der Waals surface area contributed by atoms with Crippen LogP contribution in [0.5, 0.6) is 0 Å². The van der Waals surface area contributed by atoms with Gasteiger partial charge in [-0.1, -0.05) is 24.4 Å². The molecule has 7 heteroatoms. The molecule has 0 bridgehead atoms. The van der Waals surface area contributed by atoms with Crippen LogP contribution in [0.2, 0.25) is 5.02 Å². The highest BCUT2D eigenvalue weighted by Crippen LogP contribution is 2.30. The highest BCUT2D eigenvalue weighted by atomic mass is 79.9. The first-order valence-corrected chi connectivity index (χ1v) is 7.38. The Labute approximate surface area is 129 Å². The Kier molecular flexibility index (Phi) is 4.55. The van der Waals surface area contributed by atoms with Gasteiger partial charge in [0.15, 0.2) is 0 Å². The van der Waals surface area contributed by atoms with Crippen LogP contribution < -0.4 is 10.6 Å². The number of urea groups is 1. The molecule has 1 aromatic rings. The molecule has 1 saturated carbocycles. The van der Waals surface area contributed by atoms with Crippen LogP contribution in [0.1, 0.15) is 25.7 Å². The van der Waals surface area contributed by atoms with Crippen molar-refractivity contribution in [2.24, 2.45) is 0 Å². The maximum absolute atomic E-state index is 12.0. The SMILES string of the molecule is O=C(Nc1ccc(Cl)cc1Br)NC1(C(=O)O)CCCC1. The number of rotatable bonds is 3. The zero-order valence-electron chi connectivity index (χ0n) is 10.6. The molecule has 0 aromatic heterocycles. The molecule has 0 radical (unpaired) electrons. The third kappa shape index (κ3) is 3.24. The molecule has 0 saturated heterocycles. The number of aliphatic carboxylic acids is 1. The average molecular weight is 362 g/mol. The van der Waals surface area contributed by atoms with Crippen LogP contribution in [0.3, 0.4) is 0 Å². The van der Waals surface area contributed by atoms with Crippen molar-refractivity contribution in [2.75, 3.05) is 5.32 Å². The number of carboxylic acid groups (broad SMARTS) is 1. The summed E-state index contributed by atoms with van der Waals surface area (Å²) in [5.74, 6) is -0.986. The molecule has 2 amide bonds. The first-order valence-electron chi connectivity index (χ1n) is 6.20. The first kappa shape index (κ1) is 15.1. The number of amides is 2. The second kappa shape index (κ2) is 6.01. The fraction of sp³-hybridized carbons (Fsp3) is 0.385. The predicted molar refractivity (Wildman–Crippen MR) is 80.1 cm³/mol. The summed E-state index contributed by atoms with van der Waals surface area (Å²) in [6, 6.07) is 4.41. The lowest BCUT2D eigenvalue weighted by atomic mass is 9.98. The summed E-state index contributed by atoms with van der Waals surface area (Å²) in [5, 5.41) is 15.0. The van der Waals surface area contributed by atoms with E-state index < -0.39 is 17.5 Å². The van der Waals surface area contributed by atoms with Gasteiger partial charge in [0.05, 0.1) is 5.69 Å². The number of carboxylic acids is 1. The monoisotopic (exact) mass is 360 g/mol. The van der Waals surface area contributed by atoms with Crippen LogP contribution in [-0.4, -0.2) is 22.6 Å². The summed E-state index contributed by atoms with van der Waals surface area (Å²) in [4.78, 5) is 23.3. The third-order valence-corrected chi connectivity index (χ3v) is 4.29. The van der Waals surface area contributed by atoms with Gasteiger partial charge in [-0.3, -0.25) is 0 Å². The van der Waals surface area contributed by atoms with Gasteiger partial charge in [-0.05, 0) is 47.0 Å². The first-order chi connectivity index (χ1) is 9.43. The van der Waals surface area contributed by atoms with Gasteiger partial charge in [-0.2, -0.15) is 0 Å². The predicted octanol–water partition coefficient (Wildman–Crippen LogP) is 3.62. The molecule has 0 unspecified atom stereocenters. The lowest BCUT2D eigenvalue weighted by molar-refractivity contribution is -0.144. The van der Waals surface area contributed by atoms with E-state index in [9.17, 15) is 14.7 Å². The van der Waals surface area contributed by atoms with E-state index in [0.29, 0.717) is 28.0 Å². The molecule has 5 nitrogen and oxygen atoms in total. The number of hydrogen-bond acceptors (Lipinski definition) is 2. The van der Waals surface area contributed by atoms with E-state index in [-0.39, 0.29) is 0 Å². The molecular weight excluding hydrogens is 348 g/mol. The van der Waals surface area contributed by atoms with Gasteiger partial charge in [0.1, 0.15) is 5.54 Å². The molecule has 108 valence electrons. The van der Waals surface area contributed by atoms with E-state index in [1.807, 2.05) is 0 Å². The Morgan fingerprint density at radius 3 is 2.50 bits per heavy atom. The van der Waals surface area contributed by atoms with Gasteiger partial charge in [0.25, 0.3) is 0 Å². The van der Waals surface area contributed by atoms with E-state index in [1.165, 1.54) is 0 Å². The summed E-state index contributed by atoms with van der Waals surface area (Å²) >= 11 is 9.11.